The first-order valence-electron chi connectivity index (χ1n) is 6.31. The molecular formula is C16H15FO. The number of halogens is 1. The molecule has 1 aliphatic rings. The van der Waals surface area contributed by atoms with Crippen LogP contribution in [0.15, 0.2) is 42.5 Å². The van der Waals surface area contributed by atoms with Gasteiger partial charge < -0.3 is 5.11 Å². The third kappa shape index (κ3) is 2.04. The van der Waals surface area contributed by atoms with Crippen LogP contribution in [0.5, 0.6) is 0 Å². The number of rotatable bonds is 1. The van der Waals surface area contributed by atoms with Crippen LogP contribution >= 0.6 is 0 Å². The van der Waals surface area contributed by atoms with Crippen LogP contribution in [0.3, 0.4) is 0 Å². The third-order valence-corrected chi connectivity index (χ3v) is 3.58. The van der Waals surface area contributed by atoms with Gasteiger partial charge in [0.25, 0.3) is 0 Å². The highest BCUT2D eigenvalue weighted by Gasteiger charge is 2.18. The Morgan fingerprint density at radius 1 is 1.06 bits per heavy atom. The van der Waals surface area contributed by atoms with Gasteiger partial charge in [0, 0.05) is 0 Å². The van der Waals surface area contributed by atoms with Crippen molar-refractivity contribution in [1.82, 2.24) is 0 Å². The summed E-state index contributed by atoms with van der Waals surface area (Å²) < 4.78 is 13.2. The van der Waals surface area contributed by atoms with Crippen LogP contribution in [0.2, 0.25) is 0 Å². The molecule has 0 spiro atoms. The van der Waals surface area contributed by atoms with Gasteiger partial charge in [-0.3, -0.25) is 0 Å². The number of hydrogen-bond acceptors (Lipinski definition) is 1. The van der Waals surface area contributed by atoms with Gasteiger partial charge >= 0.3 is 0 Å². The lowest BCUT2D eigenvalue weighted by Crippen LogP contribution is -2.08. The molecule has 0 aliphatic heterocycles. The fraction of sp³-hybridized carbons (Fsp3) is 0.250. The minimum Gasteiger partial charge on any atom is -0.388 e. The van der Waals surface area contributed by atoms with Crippen molar-refractivity contribution < 1.29 is 9.50 Å². The van der Waals surface area contributed by atoms with Crippen molar-refractivity contribution in [3.63, 3.8) is 0 Å². The molecule has 0 aromatic heterocycles. The maximum absolute atomic E-state index is 13.2. The van der Waals surface area contributed by atoms with Crippen LogP contribution in [0.4, 0.5) is 4.39 Å². The van der Waals surface area contributed by atoms with Gasteiger partial charge in [-0.2, -0.15) is 0 Å². The van der Waals surface area contributed by atoms with Crippen molar-refractivity contribution >= 4 is 0 Å². The molecule has 1 nitrogen and oxygen atoms in total. The Labute approximate surface area is 106 Å². The van der Waals surface area contributed by atoms with Gasteiger partial charge in [0.15, 0.2) is 0 Å². The molecule has 18 heavy (non-hydrogen) atoms. The number of aryl methyl sites for hydroxylation is 1. The first-order valence-corrected chi connectivity index (χ1v) is 6.31. The summed E-state index contributed by atoms with van der Waals surface area (Å²) in [5, 5.41) is 9.91. The molecule has 0 unspecified atom stereocenters. The molecule has 0 bridgehead atoms. The van der Waals surface area contributed by atoms with E-state index in [0.29, 0.717) is 0 Å². The van der Waals surface area contributed by atoms with Crippen molar-refractivity contribution in [3.05, 3.63) is 59.4 Å². The van der Waals surface area contributed by atoms with Crippen LogP contribution in [0.1, 0.15) is 30.1 Å². The van der Waals surface area contributed by atoms with Gasteiger partial charge in [-0.05, 0) is 53.6 Å². The van der Waals surface area contributed by atoms with E-state index in [1.54, 1.807) is 12.1 Å². The topological polar surface area (TPSA) is 20.2 Å². The van der Waals surface area contributed by atoms with Crippen LogP contribution in [-0.4, -0.2) is 5.11 Å². The Morgan fingerprint density at radius 2 is 1.89 bits per heavy atom. The fourth-order valence-corrected chi connectivity index (χ4v) is 2.64. The zero-order chi connectivity index (χ0) is 12.5. The second-order valence-corrected chi connectivity index (χ2v) is 4.83. The molecule has 2 aromatic rings. The summed E-state index contributed by atoms with van der Waals surface area (Å²) in [6, 6.07) is 12.6. The molecular weight excluding hydrogens is 227 g/mol. The van der Waals surface area contributed by atoms with Crippen molar-refractivity contribution in [3.8, 4) is 11.1 Å². The Hall–Kier alpha value is -1.67. The summed E-state index contributed by atoms with van der Waals surface area (Å²) in [4.78, 5) is 0. The molecule has 1 atom stereocenters. The molecule has 2 heteroatoms. The molecule has 1 aliphatic carbocycles. The summed E-state index contributed by atoms with van der Waals surface area (Å²) in [6.45, 7) is 0. The predicted molar refractivity (Wildman–Crippen MR) is 69.7 cm³/mol. The Bertz CT molecular complexity index is 577. The highest BCUT2D eigenvalue weighted by molar-refractivity contribution is 5.65. The minimum atomic E-state index is -0.338. The van der Waals surface area contributed by atoms with E-state index in [-0.39, 0.29) is 11.9 Å². The summed E-state index contributed by atoms with van der Waals surface area (Å²) in [5.74, 6) is -0.217. The normalized spacial score (nSPS) is 18.4. The first-order chi connectivity index (χ1) is 8.74. The van der Waals surface area contributed by atoms with E-state index in [2.05, 4.69) is 6.07 Å². The number of aliphatic hydroxyl groups excluding tert-OH is 1. The van der Waals surface area contributed by atoms with Gasteiger partial charge in [-0.1, -0.05) is 30.3 Å². The fourth-order valence-electron chi connectivity index (χ4n) is 2.64. The predicted octanol–water partition coefficient (Wildman–Crippen LogP) is 3.86. The van der Waals surface area contributed by atoms with E-state index in [9.17, 15) is 9.50 Å². The van der Waals surface area contributed by atoms with Crippen LogP contribution in [0.25, 0.3) is 11.1 Å². The second-order valence-electron chi connectivity index (χ2n) is 4.83. The summed E-state index contributed by atoms with van der Waals surface area (Å²) in [7, 11) is 0. The highest BCUT2D eigenvalue weighted by atomic mass is 19.1. The van der Waals surface area contributed by atoms with Crippen molar-refractivity contribution in [2.24, 2.45) is 0 Å². The largest absolute Gasteiger partial charge is 0.388 e. The van der Waals surface area contributed by atoms with E-state index in [1.165, 1.54) is 11.6 Å². The molecule has 1 N–H and O–H groups in total. The zero-order valence-corrected chi connectivity index (χ0v) is 10.1. The highest BCUT2D eigenvalue weighted by Crippen LogP contribution is 2.32. The number of aliphatic hydroxyl groups is 1. The van der Waals surface area contributed by atoms with E-state index in [0.717, 1.165) is 36.0 Å². The molecule has 0 saturated carbocycles. The maximum Gasteiger partial charge on any atom is 0.123 e. The van der Waals surface area contributed by atoms with E-state index >= 15 is 0 Å². The molecule has 0 amide bonds. The lowest BCUT2D eigenvalue weighted by Gasteiger charge is -2.22. The lowest BCUT2D eigenvalue weighted by atomic mass is 9.87. The smallest absolute Gasteiger partial charge is 0.123 e. The zero-order valence-electron chi connectivity index (χ0n) is 10.1. The van der Waals surface area contributed by atoms with E-state index < -0.39 is 0 Å². The van der Waals surface area contributed by atoms with E-state index in [1.807, 2.05) is 18.2 Å². The van der Waals surface area contributed by atoms with Crippen molar-refractivity contribution in [2.45, 2.75) is 25.4 Å². The molecule has 3 rings (SSSR count). The Kier molecular flexibility index (Phi) is 2.88. The quantitative estimate of drug-likeness (QED) is 0.805. The van der Waals surface area contributed by atoms with Crippen LogP contribution in [-0.2, 0) is 6.42 Å². The average molecular weight is 242 g/mol. The van der Waals surface area contributed by atoms with Gasteiger partial charge in [0.1, 0.15) is 5.82 Å². The van der Waals surface area contributed by atoms with Crippen LogP contribution < -0.4 is 0 Å². The van der Waals surface area contributed by atoms with Gasteiger partial charge in [0.2, 0.25) is 0 Å². The summed E-state index contributed by atoms with van der Waals surface area (Å²) >= 11 is 0. The second kappa shape index (κ2) is 4.54. The number of fused-ring (bicyclic) bond motifs is 1. The molecule has 0 saturated heterocycles. The molecule has 92 valence electrons. The molecule has 0 fully saturated rings. The van der Waals surface area contributed by atoms with Gasteiger partial charge in [-0.25, -0.2) is 4.39 Å². The average Bonchev–Trinajstić information content (AvgIpc) is 2.39. The summed E-state index contributed by atoms with van der Waals surface area (Å²) in [5.41, 5.74) is 4.12. The maximum atomic E-state index is 13.2. The molecule has 0 radical (unpaired) electrons. The Morgan fingerprint density at radius 3 is 2.72 bits per heavy atom. The van der Waals surface area contributed by atoms with Crippen LogP contribution in [0, 0.1) is 5.82 Å². The lowest BCUT2D eigenvalue weighted by molar-refractivity contribution is 0.156. The monoisotopic (exact) mass is 242 g/mol. The van der Waals surface area contributed by atoms with Gasteiger partial charge in [-0.15, -0.1) is 0 Å². The van der Waals surface area contributed by atoms with Crippen molar-refractivity contribution in [1.29, 1.82) is 0 Å². The number of benzene rings is 2. The number of hydrogen-bond donors (Lipinski definition) is 1. The first kappa shape index (κ1) is 11.4. The van der Waals surface area contributed by atoms with E-state index in [4.69, 9.17) is 0 Å². The van der Waals surface area contributed by atoms with Crippen molar-refractivity contribution in [2.75, 3.05) is 0 Å². The molecule has 2 aromatic carbocycles. The summed E-state index contributed by atoms with van der Waals surface area (Å²) in [6.07, 6.45) is 2.51. The SMILES string of the molecule is O[C@@H]1CCCc2cc(-c3cccc(F)c3)ccc21. The standard InChI is InChI=1S/C16H15FO/c17-14-5-1-3-11(10-14)12-7-8-15-13(9-12)4-2-6-16(15)18/h1,3,5,7-10,16,18H,2,4,6H2/t16-/m1/s1. The third-order valence-electron chi connectivity index (χ3n) is 3.58. The van der Waals surface area contributed by atoms with Gasteiger partial charge in [0.05, 0.1) is 6.10 Å². The molecule has 0 heterocycles. The minimum absolute atomic E-state index is 0.217. The Balaban J connectivity index is 2.04.